The molecule has 7 heteroatoms. The lowest BCUT2D eigenvalue weighted by Gasteiger charge is -2.07. The summed E-state index contributed by atoms with van der Waals surface area (Å²) in [5, 5.41) is 2.97. The smallest absolute Gasteiger partial charge is 0.271 e. The van der Waals surface area contributed by atoms with Gasteiger partial charge in [-0.1, -0.05) is 11.6 Å². The Morgan fingerprint density at radius 2 is 1.74 bits per heavy atom. The highest BCUT2D eigenvalue weighted by atomic mass is 35.5. The van der Waals surface area contributed by atoms with Crippen LogP contribution in [0.1, 0.15) is 5.56 Å². The van der Waals surface area contributed by atoms with Gasteiger partial charge in [-0.25, -0.2) is 8.42 Å². The number of halogens is 1. The van der Waals surface area contributed by atoms with Crippen molar-refractivity contribution in [2.45, 2.75) is 11.1 Å². The van der Waals surface area contributed by atoms with Crippen molar-refractivity contribution in [1.82, 2.24) is 0 Å². The molecular weight excluding hydrogens is 304 g/mol. The minimum absolute atomic E-state index is 0.215. The molecule has 0 fully saturated rings. The number of hydrogen-bond donors (Lipinski definition) is 2. The fourth-order valence-corrected chi connectivity index (χ4v) is 4.24. The average Bonchev–Trinajstić information content (AvgIpc) is 2.71. The summed E-state index contributed by atoms with van der Waals surface area (Å²) in [6, 6.07) is 8.56. The predicted molar refractivity (Wildman–Crippen MR) is 80.9 cm³/mol. The molecule has 0 aliphatic heterocycles. The summed E-state index contributed by atoms with van der Waals surface area (Å²) in [5.74, 6) is 0. The van der Waals surface area contributed by atoms with Crippen molar-refractivity contribution in [2.24, 2.45) is 0 Å². The first-order valence-electron chi connectivity index (χ1n) is 5.49. The van der Waals surface area contributed by atoms with Crippen LogP contribution in [-0.4, -0.2) is 15.5 Å². The van der Waals surface area contributed by atoms with E-state index in [-0.39, 0.29) is 4.21 Å². The molecule has 0 spiro atoms. The Morgan fingerprint density at radius 3 is 2.21 bits per heavy atom. The summed E-state index contributed by atoms with van der Waals surface area (Å²) in [6.07, 6.45) is 0. The van der Waals surface area contributed by atoms with Gasteiger partial charge in [-0.05, 0) is 42.8 Å². The molecule has 1 aromatic carbocycles. The van der Waals surface area contributed by atoms with Crippen LogP contribution >= 0.6 is 22.9 Å². The molecule has 2 aromatic rings. The quantitative estimate of drug-likeness (QED) is 0.907. The molecule has 1 aromatic heterocycles. The van der Waals surface area contributed by atoms with Gasteiger partial charge in [-0.2, -0.15) is 0 Å². The highest BCUT2D eigenvalue weighted by molar-refractivity contribution is 7.94. The summed E-state index contributed by atoms with van der Waals surface area (Å²) in [5.41, 5.74) is 2.19. The van der Waals surface area contributed by atoms with Gasteiger partial charge in [0.25, 0.3) is 10.0 Å². The normalized spacial score (nSPS) is 11.3. The zero-order chi connectivity index (χ0) is 14.0. The van der Waals surface area contributed by atoms with Gasteiger partial charge in [0.2, 0.25) is 0 Å². The van der Waals surface area contributed by atoms with Crippen LogP contribution in [0.25, 0.3) is 0 Å². The molecule has 0 amide bonds. The Kier molecular flexibility index (Phi) is 4.03. The summed E-state index contributed by atoms with van der Waals surface area (Å²) >= 11 is 6.95. The van der Waals surface area contributed by atoms with Crippen molar-refractivity contribution < 1.29 is 8.42 Å². The second kappa shape index (κ2) is 5.40. The lowest BCUT2D eigenvalue weighted by atomic mass is 10.3. The number of sulfonamides is 1. The van der Waals surface area contributed by atoms with Gasteiger partial charge in [-0.15, -0.1) is 11.3 Å². The number of anilines is 2. The first-order chi connectivity index (χ1) is 8.92. The molecule has 4 nitrogen and oxygen atoms in total. The second-order valence-electron chi connectivity index (χ2n) is 3.96. The number of benzene rings is 1. The number of nitrogens with one attached hydrogen (secondary N) is 2. The summed E-state index contributed by atoms with van der Waals surface area (Å²) in [6.45, 7) is 1.78. The zero-order valence-electron chi connectivity index (χ0n) is 10.4. The van der Waals surface area contributed by atoms with Crippen molar-refractivity contribution in [3.05, 3.63) is 40.2 Å². The fraction of sp³-hybridized carbons (Fsp3) is 0.167. The molecule has 0 aliphatic rings. The van der Waals surface area contributed by atoms with E-state index in [2.05, 4.69) is 10.0 Å². The van der Waals surface area contributed by atoms with E-state index in [9.17, 15) is 8.42 Å². The first kappa shape index (κ1) is 14.2. The first-order valence-corrected chi connectivity index (χ1v) is 8.17. The standard InChI is InChI=1S/C12H13ClN2O2S2/c1-8-7-11(18-12(8)13)19(16,17)15-10-5-3-9(14-2)4-6-10/h3-7,14-15H,1-2H3. The molecule has 0 bridgehead atoms. The number of thiophene rings is 1. The molecule has 0 saturated carbocycles. The third-order valence-electron chi connectivity index (χ3n) is 2.53. The highest BCUT2D eigenvalue weighted by Gasteiger charge is 2.18. The van der Waals surface area contributed by atoms with Crippen molar-refractivity contribution in [3.8, 4) is 0 Å². The Hall–Kier alpha value is -1.24. The van der Waals surface area contributed by atoms with Crippen molar-refractivity contribution in [3.63, 3.8) is 0 Å². The molecule has 2 rings (SSSR count). The number of hydrogen-bond acceptors (Lipinski definition) is 4. The molecular formula is C12H13ClN2O2S2. The van der Waals surface area contributed by atoms with Gasteiger partial charge in [-0.3, -0.25) is 4.72 Å². The summed E-state index contributed by atoms with van der Waals surface area (Å²) in [7, 11) is -1.77. The molecule has 0 unspecified atom stereocenters. The monoisotopic (exact) mass is 316 g/mol. The van der Waals surface area contributed by atoms with Crippen LogP contribution < -0.4 is 10.0 Å². The van der Waals surface area contributed by atoms with Gasteiger partial charge in [0.1, 0.15) is 4.21 Å². The molecule has 0 radical (unpaired) electrons. The lowest BCUT2D eigenvalue weighted by molar-refractivity contribution is 0.603. The maximum absolute atomic E-state index is 12.1. The van der Waals surface area contributed by atoms with Crippen LogP contribution in [0.2, 0.25) is 4.34 Å². The lowest BCUT2D eigenvalue weighted by Crippen LogP contribution is -2.11. The predicted octanol–water partition coefficient (Wildman–Crippen LogP) is 3.55. The Balaban J connectivity index is 2.25. The Labute approximate surface area is 121 Å². The van der Waals surface area contributed by atoms with Crippen LogP contribution in [0.3, 0.4) is 0 Å². The van der Waals surface area contributed by atoms with E-state index >= 15 is 0 Å². The number of rotatable bonds is 4. The molecule has 0 saturated heterocycles. The van der Waals surface area contributed by atoms with Gasteiger partial charge in [0.05, 0.1) is 4.34 Å². The fourth-order valence-electron chi connectivity index (χ4n) is 1.47. The van der Waals surface area contributed by atoms with Crippen molar-refractivity contribution >= 4 is 44.3 Å². The SMILES string of the molecule is CNc1ccc(NS(=O)(=O)c2cc(C)c(Cl)s2)cc1. The molecule has 1 heterocycles. The van der Waals surface area contributed by atoms with Gasteiger partial charge < -0.3 is 5.32 Å². The van der Waals surface area contributed by atoms with E-state index in [1.165, 1.54) is 0 Å². The van der Waals surface area contributed by atoms with Gasteiger partial charge in [0, 0.05) is 18.4 Å². The van der Waals surface area contributed by atoms with E-state index in [1.54, 1.807) is 44.3 Å². The zero-order valence-corrected chi connectivity index (χ0v) is 12.8. The van der Waals surface area contributed by atoms with Gasteiger partial charge in [0.15, 0.2) is 0 Å². The molecule has 19 heavy (non-hydrogen) atoms. The van der Waals surface area contributed by atoms with E-state index in [0.29, 0.717) is 10.0 Å². The molecule has 2 N–H and O–H groups in total. The highest BCUT2D eigenvalue weighted by Crippen LogP contribution is 2.31. The Morgan fingerprint density at radius 1 is 1.16 bits per heavy atom. The van der Waals surface area contributed by atoms with Crippen molar-refractivity contribution in [1.29, 1.82) is 0 Å². The second-order valence-corrected chi connectivity index (χ2v) is 7.52. The minimum atomic E-state index is -3.57. The maximum atomic E-state index is 12.1. The van der Waals surface area contributed by atoms with Crippen LogP contribution in [0.15, 0.2) is 34.5 Å². The largest absolute Gasteiger partial charge is 0.388 e. The minimum Gasteiger partial charge on any atom is -0.388 e. The topological polar surface area (TPSA) is 58.2 Å². The van der Waals surface area contributed by atoms with E-state index in [4.69, 9.17) is 11.6 Å². The van der Waals surface area contributed by atoms with Crippen molar-refractivity contribution in [2.75, 3.05) is 17.1 Å². The van der Waals surface area contributed by atoms with Gasteiger partial charge >= 0.3 is 0 Å². The number of aryl methyl sites for hydroxylation is 1. The third-order valence-corrected chi connectivity index (χ3v) is 5.94. The third kappa shape index (κ3) is 3.20. The van der Waals surface area contributed by atoms with Crippen LogP contribution in [0.5, 0.6) is 0 Å². The van der Waals surface area contributed by atoms with Crippen LogP contribution in [0, 0.1) is 6.92 Å². The molecule has 0 aliphatic carbocycles. The summed E-state index contributed by atoms with van der Waals surface area (Å²) < 4.78 is 27.5. The van der Waals surface area contributed by atoms with E-state index < -0.39 is 10.0 Å². The van der Waals surface area contributed by atoms with Crippen LogP contribution in [0.4, 0.5) is 11.4 Å². The Bertz CT molecular complexity index is 659. The molecule has 0 atom stereocenters. The van der Waals surface area contributed by atoms with Crippen LogP contribution in [-0.2, 0) is 10.0 Å². The van der Waals surface area contributed by atoms with E-state index in [1.807, 2.05) is 0 Å². The molecule has 102 valence electrons. The van der Waals surface area contributed by atoms with E-state index in [0.717, 1.165) is 22.6 Å². The average molecular weight is 317 g/mol. The summed E-state index contributed by atoms with van der Waals surface area (Å²) in [4.78, 5) is 0. The maximum Gasteiger partial charge on any atom is 0.271 e.